The summed E-state index contributed by atoms with van der Waals surface area (Å²) in [6.45, 7) is 6.93. The van der Waals surface area contributed by atoms with Crippen LogP contribution in [0.2, 0.25) is 0 Å². The van der Waals surface area contributed by atoms with Gasteiger partial charge in [0.15, 0.2) is 0 Å². The van der Waals surface area contributed by atoms with Gasteiger partial charge in [-0.25, -0.2) is 4.18 Å². The maximum absolute atomic E-state index is 11.4. The van der Waals surface area contributed by atoms with Gasteiger partial charge in [0.2, 0.25) is 0 Å². The van der Waals surface area contributed by atoms with E-state index in [1.54, 1.807) is 7.11 Å². The molecule has 3 aliphatic rings. The molecular formula is C22H38O6S. The van der Waals surface area contributed by atoms with E-state index in [1.165, 1.54) is 0 Å². The minimum absolute atomic E-state index is 0.122. The van der Waals surface area contributed by atoms with Crippen LogP contribution in [0.25, 0.3) is 0 Å². The van der Waals surface area contributed by atoms with Gasteiger partial charge in [-0.05, 0) is 79.4 Å². The Balaban J connectivity index is 1.84. The second kappa shape index (κ2) is 8.56. The van der Waals surface area contributed by atoms with E-state index in [2.05, 4.69) is 20.8 Å². The van der Waals surface area contributed by atoms with Crippen molar-refractivity contribution < 1.29 is 26.7 Å². The highest BCUT2D eigenvalue weighted by atomic mass is 32.3. The van der Waals surface area contributed by atoms with Gasteiger partial charge in [0.05, 0.1) is 12.2 Å². The first-order valence-corrected chi connectivity index (χ1v) is 12.6. The highest BCUT2D eigenvalue weighted by molar-refractivity contribution is 7.80. The first-order valence-electron chi connectivity index (χ1n) is 11.2. The summed E-state index contributed by atoms with van der Waals surface area (Å²) < 4.78 is 42.9. The standard InChI is InChI=1S/C22H38O6S/c1-5-15-16-10-12-22(3)17(19(27-4)7-6-14-23)8-9-20(22)21(16,2)13-11-18(15)28-29(24,25)26/h14-20H,5-13H2,1-4H3,(H,24,25,26). The molecule has 3 fully saturated rings. The van der Waals surface area contributed by atoms with Crippen LogP contribution in [0.1, 0.15) is 78.6 Å². The van der Waals surface area contributed by atoms with Crippen molar-refractivity contribution >= 4 is 16.7 Å². The third-order valence-electron chi connectivity index (χ3n) is 9.05. The van der Waals surface area contributed by atoms with E-state index in [0.717, 1.165) is 51.2 Å². The van der Waals surface area contributed by atoms with E-state index >= 15 is 0 Å². The number of carbonyl (C=O) groups excluding carboxylic acids is 1. The maximum Gasteiger partial charge on any atom is 0.397 e. The molecule has 3 rings (SSSR count). The third-order valence-corrected chi connectivity index (χ3v) is 9.54. The molecule has 168 valence electrons. The summed E-state index contributed by atoms with van der Waals surface area (Å²) >= 11 is 0. The van der Waals surface area contributed by atoms with Crippen LogP contribution in [0.4, 0.5) is 0 Å². The molecule has 0 aromatic heterocycles. The third kappa shape index (κ3) is 4.17. The average Bonchev–Trinajstić information content (AvgIpc) is 3.00. The minimum Gasteiger partial charge on any atom is -0.381 e. The van der Waals surface area contributed by atoms with E-state index in [9.17, 15) is 17.8 Å². The predicted octanol–water partition coefficient (Wildman–Crippen LogP) is 4.44. The highest BCUT2D eigenvalue weighted by Crippen LogP contribution is 2.68. The zero-order chi connectivity index (χ0) is 21.4. The van der Waals surface area contributed by atoms with Crippen molar-refractivity contribution in [3.05, 3.63) is 0 Å². The smallest absolute Gasteiger partial charge is 0.381 e. The topological polar surface area (TPSA) is 89.9 Å². The molecule has 1 N–H and O–H groups in total. The molecule has 8 atom stereocenters. The molecule has 0 radical (unpaired) electrons. The fourth-order valence-electron chi connectivity index (χ4n) is 7.90. The molecule has 0 aliphatic heterocycles. The lowest BCUT2D eigenvalue weighted by Crippen LogP contribution is -2.56. The zero-order valence-electron chi connectivity index (χ0n) is 18.3. The summed E-state index contributed by atoms with van der Waals surface area (Å²) in [5.74, 6) is 1.57. The Hall–Kier alpha value is -0.500. The number of fused-ring (bicyclic) bond motifs is 3. The number of carbonyl (C=O) groups is 1. The van der Waals surface area contributed by atoms with Gasteiger partial charge in [-0.2, -0.15) is 8.42 Å². The molecule has 0 aromatic rings. The van der Waals surface area contributed by atoms with Gasteiger partial charge in [-0.1, -0.05) is 27.2 Å². The van der Waals surface area contributed by atoms with Crippen LogP contribution >= 0.6 is 0 Å². The lowest BCUT2D eigenvalue weighted by molar-refractivity contribution is -0.142. The van der Waals surface area contributed by atoms with Crippen molar-refractivity contribution in [2.24, 2.45) is 34.5 Å². The number of methoxy groups -OCH3 is 1. The fraction of sp³-hybridized carbons (Fsp3) is 0.955. The van der Waals surface area contributed by atoms with Gasteiger partial charge >= 0.3 is 10.4 Å². The second-order valence-corrected chi connectivity index (χ2v) is 11.1. The second-order valence-electron chi connectivity index (χ2n) is 10.1. The molecule has 0 amide bonds. The molecular weight excluding hydrogens is 392 g/mol. The van der Waals surface area contributed by atoms with Crippen LogP contribution in [0.5, 0.6) is 0 Å². The Morgan fingerprint density at radius 2 is 1.83 bits per heavy atom. The summed E-state index contributed by atoms with van der Waals surface area (Å²) in [6.07, 6.45) is 8.90. The van der Waals surface area contributed by atoms with Crippen molar-refractivity contribution in [2.45, 2.75) is 90.8 Å². The van der Waals surface area contributed by atoms with Crippen LogP contribution in [0.3, 0.4) is 0 Å². The number of hydrogen-bond acceptors (Lipinski definition) is 5. The number of hydrogen-bond donors (Lipinski definition) is 1. The molecule has 0 heterocycles. The largest absolute Gasteiger partial charge is 0.397 e. The number of rotatable bonds is 8. The average molecular weight is 431 g/mol. The summed E-state index contributed by atoms with van der Waals surface area (Å²) in [4.78, 5) is 10.9. The quantitative estimate of drug-likeness (QED) is 0.452. The van der Waals surface area contributed by atoms with E-state index in [4.69, 9.17) is 8.92 Å². The van der Waals surface area contributed by atoms with Crippen molar-refractivity contribution in [3.8, 4) is 0 Å². The first-order chi connectivity index (χ1) is 13.6. The molecule has 3 saturated carbocycles. The lowest BCUT2D eigenvalue weighted by atomic mass is 9.45. The Kier molecular flexibility index (Phi) is 6.84. The number of ether oxygens (including phenoxy) is 1. The number of aldehydes is 1. The summed E-state index contributed by atoms with van der Waals surface area (Å²) in [5, 5.41) is 0. The van der Waals surface area contributed by atoms with Crippen molar-refractivity contribution in [2.75, 3.05) is 7.11 Å². The van der Waals surface area contributed by atoms with Gasteiger partial charge in [0.1, 0.15) is 6.29 Å². The Morgan fingerprint density at radius 3 is 2.41 bits per heavy atom. The Morgan fingerprint density at radius 1 is 1.14 bits per heavy atom. The Bertz CT molecular complexity index is 693. The molecule has 0 bridgehead atoms. The van der Waals surface area contributed by atoms with Gasteiger partial charge in [0.25, 0.3) is 0 Å². The van der Waals surface area contributed by atoms with Crippen molar-refractivity contribution in [3.63, 3.8) is 0 Å². The van der Waals surface area contributed by atoms with E-state index in [-0.39, 0.29) is 22.9 Å². The zero-order valence-corrected chi connectivity index (χ0v) is 19.1. The van der Waals surface area contributed by atoms with E-state index in [1.807, 2.05) is 0 Å². The molecule has 0 aromatic carbocycles. The molecule has 0 saturated heterocycles. The van der Waals surface area contributed by atoms with Gasteiger partial charge in [-0.15, -0.1) is 0 Å². The molecule has 7 heteroatoms. The van der Waals surface area contributed by atoms with E-state index in [0.29, 0.717) is 30.6 Å². The van der Waals surface area contributed by atoms with Crippen LogP contribution < -0.4 is 0 Å². The Labute approximate surface area is 176 Å². The highest BCUT2D eigenvalue weighted by Gasteiger charge is 2.62. The molecule has 8 unspecified atom stereocenters. The molecule has 6 nitrogen and oxygen atoms in total. The summed E-state index contributed by atoms with van der Waals surface area (Å²) in [5.41, 5.74) is 0.328. The van der Waals surface area contributed by atoms with Gasteiger partial charge < -0.3 is 9.53 Å². The van der Waals surface area contributed by atoms with Crippen molar-refractivity contribution in [1.29, 1.82) is 0 Å². The fourth-order valence-corrected chi connectivity index (χ4v) is 8.45. The molecule has 0 spiro atoms. The predicted molar refractivity (Wildman–Crippen MR) is 111 cm³/mol. The molecule has 29 heavy (non-hydrogen) atoms. The normalized spacial score (nSPS) is 43.4. The van der Waals surface area contributed by atoms with Gasteiger partial charge in [-0.3, -0.25) is 4.55 Å². The summed E-state index contributed by atoms with van der Waals surface area (Å²) in [6, 6.07) is 0. The first kappa shape index (κ1) is 23.2. The van der Waals surface area contributed by atoms with Gasteiger partial charge in [0, 0.05) is 13.5 Å². The lowest BCUT2D eigenvalue weighted by Gasteiger charge is -2.60. The van der Waals surface area contributed by atoms with Crippen LogP contribution in [0.15, 0.2) is 0 Å². The molecule has 3 aliphatic carbocycles. The van der Waals surface area contributed by atoms with Crippen LogP contribution in [-0.4, -0.2) is 38.6 Å². The van der Waals surface area contributed by atoms with Crippen molar-refractivity contribution in [1.82, 2.24) is 0 Å². The van der Waals surface area contributed by atoms with E-state index < -0.39 is 16.5 Å². The van der Waals surface area contributed by atoms with Crippen LogP contribution in [-0.2, 0) is 24.1 Å². The summed E-state index contributed by atoms with van der Waals surface area (Å²) in [7, 11) is -2.66. The monoisotopic (exact) mass is 430 g/mol. The maximum atomic E-state index is 11.4. The minimum atomic E-state index is -4.43. The SMILES string of the molecule is CCC1C(OS(=O)(=O)O)CCC2(C)C1CCC1(C)C(C(CCC=O)OC)CCC12. The van der Waals surface area contributed by atoms with Crippen LogP contribution in [0, 0.1) is 34.5 Å².